The fraction of sp³-hybridized carbons (Fsp3) is 0.333. The van der Waals surface area contributed by atoms with E-state index in [9.17, 15) is 4.79 Å². The Balaban J connectivity index is 1.54. The van der Waals surface area contributed by atoms with Crippen LogP contribution in [-0.2, 0) is 11.2 Å². The van der Waals surface area contributed by atoms with Crippen molar-refractivity contribution < 1.29 is 4.79 Å². The first kappa shape index (κ1) is 14.6. The number of carbonyl (C=O) groups is 1. The minimum absolute atomic E-state index is 0.0668. The Morgan fingerprint density at radius 1 is 1.42 bits per heavy atom. The van der Waals surface area contributed by atoms with E-state index in [1.807, 2.05) is 6.07 Å². The molecule has 120 valence electrons. The van der Waals surface area contributed by atoms with Gasteiger partial charge in [-0.25, -0.2) is 4.98 Å². The van der Waals surface area contributed by atoms with Crippen molar-refractivity contribution in [1.29, 1.82) is 5.26 Å². The molecule has 0 spiro atoms. The molecule has 0 bridgehead atoms. The van der Waals surface area contributed by atoms with E-state index in [0.29, 0.717) is 24.3 Å². The van der Waals surface area contributed by atoms with Gasteiger partial charge in [-0.3, -0.25) is 9.78 Å². The van der Waals surface area contributed by atoms with Crippen LogP contribution in [0.25, 0.3) is 21.9 Å². The zero-order chi connectivity index (χ0) is 16.5. The van der Waals surface area contributed by atoms with Crippen LogP contribution < -0.4 is 5.32 Å². The Labute approximate surface area is 138 Å². The summed E-state index contributed by atoms with van der Waals surface area (Å²) in [6.45, 7) is 0.796. The average Bonchev–Trinajstić information content (AvgIpc) is 3.34. The van der Waals surface area contributed by atoms with Crippen molar-refractivity contribution in [2.45, 2.75) is 25.7 Å². The summed E-state index contributed by atoms with van der Waals surface area (Å²) in [4.78, 5) is 24.1. The molecule has 1 aliphatic rings. The quantitative estimate of drug-likeness (QED) is 0.755. The van der Waals surface area contributed by atoms with Crippen molar-refractivity contribution in [1.82, 2.24) is 20.3 Å². The molecule has 1 saturated carbocycles. The lowest BCUT2D eigenvalue weighted by molar-refractivity contribution is -0.121. The number of nitrogens with one attached hydrogen (secondary N) is 2. The predicted octanol–water partition coefficient (Wildman–Crippen LogP) is 2.44. The molecule has 0 atom stereocenters. The summed E-state index contributed by atoms with van der Waals surface area (Å²) in [5.74, 6) is 1.52. The molecule has 4 rings (SSSR count). The first-order valence-electron chi connectivity index (χ1n) is 8.17. The predicted molar refractivity (Wildman–Crippen MR) is 90.2 cm³/mol. The normalized spacial score (nSPS) is 14.0. The molecule has 0 saturated heterocycles. The maximum Gasteiger partial charge on any atom is 0.220 e. The molecule has 24 heavy (non-hydrogen) atoms. The van der Waals surface area contributed by atoms with Crippen LogP contribution in [0.1, 0.15) is 30.7 Å². The smallest absolute Gasteiger partial charge is 0.220 e. The molecule has 0 unspecified atom stereocenters. The lowest BCUT2D eigenvalue weighted by atomic mass is 10.1. The van der Waals surface area contributed by atoms with Crippen LogP contribution in [0.2, 0.25) is 0 Å². The molecule has 0 radical (unpaired) electrons. The fourth-order valence-corrected chi connectivity index (χ4v) is 2.80. The number of carbonyl (C=O) groups excluding carboxylic acids is 1. The number of amides is 1. The summed E-state index contributed by atoms with van der Waals surface area (Å²) in [5, 5.41) is 12.9. The summed E-state index contributed by atoms with van der Waals surface area (Å²) >= 11 is 0. The summed E-state index contributed by atoms with van der Waals surface area (Å²) in [6.07, 6.45) is 5.18. The van der Waals surface area contributed by atoms with Gasteiger partial charge >= 0.3 is 0 Å². The van der Waals surface area contributed by atoms with E-state index in [-0.39, 0.29) is 5.91 Å². The number of rotatable bonds is 5. The third-order valence-electron chi connectivity index (χ3n) is 4.37. The Kier molecular flexibility index (Phi) is 3.62. The Hall–Kier alpha value is -2.94. The molecule has 6 heteroatoms. The second kappa shape index (κ2) is 5.93. The van der Waals surface area contributed by atoms with Crippen molar-refractivity contribution in [3.8, 4) is 6.07 Å². The zero-order valence-corrected chi connectivity index (χ0v) is 13.2. The Morgan fingerprint density at radius 2 is 2.29 bits per heavy atom. The van der Waals surface area contributed by atoms with Gasteiger partial charge in [0.25, 0.3) is 0 Å². The maximum atomic E-state index is 11.9. The van der Waals surface area contributed by atoms with E-state index in [2.05, 4.69) is 26.3 Å². The van der Waals surface area contributed by atoms with Gasteiger partial charge in [0.05, 0.1) is 34.4 Å². The third-order valence-corrected chi connectivity index (χ3v) is 4.37. The molecular formula is C18H17N5O. The number of aromatic amines is 1. The highest BCUT2D eigenvalue weighted by molar-refractivity contribution is 6.02. The minimum Gasteiger partial charge on any atom is -0.356 e. The Bertz CT molecular complexity index is 965. The van der Waals surface area contributed by atoms with Crippen molar-refractivity contribution in [3.05, 3.63) is 35.8 Å². The number of nitriles is 1. The first-order chi connectivity index (χ1) is 11.7. The molecule has 1 fully saturated rings. The topological polar surface area (TPSA) is 94.5 Å². The van der Waals surface area contributed by atoms with Gasteiger partial charge in [0.1, 0.15) is 5.82 Å². The average molecular weight is 319 g/mol. The van der Waals surface area contributed by atoms with Gasteiger partial charge in [-0.2, -0.15) is 5.26 Å². The number of hydrogen-bond acceptors (Lipinski definition) is 4. The van der Waals surface area contributed by atoms with E-state index < -0.39 is 0 Å². The number of H-pyrrole nitrogens is 1. The van der Waals surface area contributed by atoms with Gasteiger partial charge in [-0.15, -0.1) is 0 Å². The molecule has 0 aliphatic heterocycles. The summed E-state index contributed by atoms with van der Waals surface area (Å²) in [6, 6.07) is 7.52. The summed E-state index contributed by atoms with van der Waals surface area (Å²) in [7, 11) is 0. The Morgan fingerprint density at radius 3 is 3.08 bits per heavy atom. The number of imidazole rings is 1. The molecule has 3 aromatic rings. The third kappa shape index (κ3) is 2.93. The zero-order valence-electron chi connectivity index (χ0n) is 13.2. The van der Waals surface area contributed by atoms with Crippen LogP contribution in [0.4, 0.5) is 0 Å². The minimum atomic E-state index is 0.0668. The van der Waals surface area contributed by atoms with Crippen LogP contribution in [-0.4, -0.2) is 27.4 Å². The maximum absolute atomic E-state index is 11.9. The molecule has 2 heterocycles. The summed E-state index contributed by atoms with van der Waals surface area (Å²) < 4.78 is 0. The highest BCUT2D eigenvalue weighted by Gasteiger charge is 2.21. The largest absolute Gasteiger partial charge is 0.356 e. The van der Waals surface area contributed by atoms with Gasteiger partial charge in [-0.1, -0.05) is 0 Å². The number of nitrogens with zero attached hydrogens (tertiary/aromatic N) is 3. The lowest BCUT2D eigenvalue weighted by Crippen LogP contribution is -2.25. The van der Waals surface area contributed by atoms with Crippen molar-refractivity contribution >= 4 is 27.8 Å². The van der Waals surface area contributed by atoms with Gasteiger partial charge < -0.3 is 10.3 Å². The van der Waals surface area contributed by atoms with Gasteiger partial charge in [0.15, 0.2) is 0 Å². The number of aryl methyl sites for hydroxylation is 1. The highest BCUT2D eigenvalue weighted by Crippen LogP contribution is 2.27. The molecule has 2 N–H and O–H groups in total. The lowest BCUT2D eigenvalue weighted by Gasteiger charge is -2.02. The molecule has 1 amide bonds. The summed E-state index contributed by atoms with van der Waals surface area (Å²) in [5.41, 5.74) is 3.01. The van der Waals surface area contributed by atoms with Crippen molar-refractivity contribution in [2.75, 3.05) is 6.54 Å². The van der Waals surface area contributed by atoms with E-state index in [1.54, 1.807) is 18.3 Å². The standard InChI is InChI=1S/C18H17N5O/c19-8-12-3-4-14-13(7-12)18-15(10-20-14)22-16(23-18)5-6-17(24)21-9-11-1-2-11/h3-4,7,10-11H,1-2,5-6,9H2,(H,21,24)(H,22,23). The van der Waals surface area contributed by atoms with Crippen LogP contribution in [0.5, 0.6) is 0 Å². The number of hydrogen-bond donors (Lipinski definition) is 2. The molecule has 2 aromatic heterocycles. The SMILES string of the molecule is N#Cc1ccc2ncc3[nH]c(CCC(=O)NCC4CC4)nc3c2c1. The number of pyridine rings is 1. The molecular weight excluding hydrogens is 302 g/mol. The number of fused-ring (bicyclic) bond motifs is 3. The highest BCUT2D eigenvalue weighted by atomic mass is 16.1. The fourth-order valence-electron chi connectivity index (χ4n) is 2.80. The van der Waals surface area contributed by atoms with Crippen LogP contribution in [0.15, 0.2) is 24.4 Å². The van der Waals surface area contributed by atoms with E-state index >= 15 is 0 Å². The number of aromatic nitrogens is 3. The molecule has 1 aliphatic carbocycles. The first-order valence-corrected chi connectivity index (χ1v) is 8.17. The second-order valence-electron chi connectivity index (χ2n) is 6.30. The van der Waals surface area contributed by atoms with Crippen molar-refractivity contribution in [2.24, 2.45) is 5.92 Å². The molecule has 6 nitrogen and oxygen atoms in total. The van der Waals surface area contributed by atoms with Gasteiger partial charge in [0, 0.05) is 24.8 Å². The number of benzene rings is 1. The van der Waals surface area contributed by atoms with Crippen LogP contribution >= 0.6 is 0 Å². The molecule has 1 aromatic carbocycles. The van der Waals surface area contributed by atoms with Gasteiger partial charge in [-0.05, 0) is 37.0 Å². The van der Waals surface area contributed by atoms with E-state index in [4.69, 9.17) is 5.26 Å². The monoisotopic (exact) mass is 319 g/mol. The van der Waals surface area contributed by atoms with Crippen LogP contribution in [0, 0.1) is 17.2 Å². The van der Waals surface area contributed by atoms with E-state index in [1.165, 1.54) is 12.8 Å². The second-order valence-corrected chi connectivity index (χ2v) is 6.30. The van der Waals surface area contributed by atoms with Crippen molar-refractivity contribution in [3.63, 3.8) is 0 Å². The van der Waals surface area contributed by atoms with Gasteiger partial charge in [0.2, 0.25) is 5.91 Å². The van der Waals surface area contributed by atoms with Crippen LogP contribution in [0.3, 0.4) is 0 Å². The van der Waals surface area contributed by atoms with E-state index in [0.717, 1.165) is 34.3 Å².